The maximum absolute atomic E-state index is 13.1. The minimum absolute atomic E-state index is 0.0279. The lowest BCUT2D eigenvalue weighted by atomic mass is 9.76. The molecule has 2 aliphatic rings. The highest BCUT2D eigenvalue weighted by Crippen LogP contribution is 2.42. The standard InChI is InChI=1S/C22H28N2O5/c1-7-29-20(28)14-8-9-16-17(10-14)19(27)23(18(16)26)15-11-21(3,4)24(13(2)25)22(5,6)12-15/h8-10,15H,7,11-12H2,1-6H3. The quantitative estimate of drug-likeness (QED) is 0.575. The van der Waals surface area contributed by atoms with E-state index < -0.39 is 23.0 Å². The van der Waals surface area contributed by atoms with Gasteiger partial charge < -0.3 is 9.64 Å². The van der Waals surface area contributed by atoms with E-state index in [0.717, 1.165) is 0 Å². The predicted octanol–water partition coefficient (Wildman–Crippen LogP) is 3.03. The molecule has 0 radical (unpaired) electrons. The zero-order valence-corrected chi connectivity index (χ0v) is 17.9. The van der Waals surface area contributed by atoms with Crippen molar-refractivity contribution in [2.75, 3.05) is 6.61 Å². The number of esters is 1. The topological polar surface area (TPSA) is 84.0 Å². The molecule has 1 aromatic carbocycles. The predicted molar refractivity (Wildman–Crippen MR) is 107 cm³/mol. The molecular formula is C22H28N2O5. The Hall–Kier alpha value is -2.70. The summed E-state index contributed by atoms with van der Waals surface area (Å²) in [6.45, 7) is 11.3. The van der Waals surface area contributed by atoms with Crippen molar-refractivity contribution in [1.82, 2.24) is 9.80 Å². The molecule has 1 aromatic rings. The Kier molecular flexibility index (Phi) is 5.05. The van der Waals surface area contributed by atoms with Crippen molar-refractivity contribution in [3.63, 3.8) is 0 Å². The van der Waals surface area contributed by atoms with Crippen LogP contribution >= 0.6 is 0 Å². The molecular weight excluding hydrogens is 372 g/mol. The third kappa shape index (κ3) is 3.43. The van der Waals surface area contributed by atoms with Crippen LogP contribution in [0.5, 0.6) is 0 Å². The molecule has 3 rings (SSSR count). The fraction of sp³-hybridized carbons (Fsp3) is 0.545. The van der Waals surface area contributed by atoms with Gasteiger partial charge in [0.1, 0.15) is 0 Å². The van der Waals surface area contributed by atoms with Gasteiger partial charge in [0.05, 0.1) is 23.3 Å². The highest BCUT2D eigenvalue weighted by Gasteiger charge is 2.51. The number of piperidine rings is 1. The number of fused-ring (bicyclic) bond motifs is 1. The lowest BCUT2D eigenvalue weighted by Gasteiger charge is -2.56. The number of benzene rings is 1. The van der Waals surface area contributed by atoms with Gasteiger partial charge in [-0.25, -0.2) is 4.79 Å². The summed E-state index contributed by atoms with van der Waals surface area (Å²) >= 11 is 0. The zero-order valence-electron chi connectivity index (χ0n) is 17.9. The van der Waals surface area contributed by atoms with Gasteiger partial charge in [-0.15, -0.1) is 0 Å². The van der Waals surface area contributed by atoms with Gasteiger partial charge in [-0.3, -0.25) is 19.3 Å². The maximum atomic E-state index is 13.1. The Labute approximate surface area is 171 Å². The van der Waals surface area contributed by atoms with Crippen LogP contribution in [0.4, 0.5) is 0 Å². The summed E-state index contributed by atoms with van der Waals surface area (Å²) in [4.78, 5) is 53.6. The number of rotatable bonds is 3. The van der Waals surface area contributed by atoms with Crippen molar-refractivity contribution >= 4 is 23.7 Å². The van der Waals surface area contributed by atoms with Crippen LogP contribution < -0.4 is 0 Å². The summed E-state index contributed by atoms with van der Waals surface area (Å²) in [6.07, 6.45) is 0.985. The van der Waals surface area contributed by atoms with Gasteiger partial charge in [-0.05, 0) is 65.7 Å². The molecule has 3 amide bonds. The summed E-state index contributed by atoms with van der Waals surface area (Å²) < 4.78 is 5.00. The summed E-state index contributed by atoms with van der Waals surface area (Å²) in [6, 6.07) is 4.13. The maximum Gasteiger partial charge on any atom is 0.338 e. The molecule has 0 bridgehead atoms. The van der Waals surface area contributed by atoms with Crippen molar-refractivity contribution in [1.29, 1.82) is 0 Å². The average Bonchev–Trinajstić information content (AvgIpc) is 2.83. The molecule has 156 valence electrons. The van der Waals surface area contributed by atoms with Crippen LogP contribution in [0.1, 0.15) is 85.5 Å². The molecule has 7 nitrogen and oxygen atoms in total. The number of amides is 3. The first kappa shape index (κ1) is 21.0. The van der Waals surface area contributed by atoms with Crippen LogP contribution in [0.25, 0.3) is 0 Å². The average molecular weight is 400 g/mol. The van der Waals surface area contributed by atoms with Crippen molar-refractivity contribution in [2.24, 2.45) is 0 Å². The Balaban J connectivity index is 1.94. The summed E-state index contributed by atoms with van der Waals surface area (Å²) in [5, 5.41) is 0. The first-order valence-corrected chi connectivity index (χ1v) is 9.90. The van der Waals surface area contributed by atoms with Crippen molar-refractivity contribution in [2.45, 2.75) is 71.5 Å². The smallest absolute Gasteiger partial charge is 0.338 e. The fourth-order valence-electron chi connectivity index (χ4n) is 5.19. The molecule has 0 aliphatic carbocycles. The van der Waals surface area contributed by atoms with Gasteiger partial charge in [0, 0.05) is 24.0 Å². The lowest BCUT2D eigenvalue weighted by Crippen LogP contribution is -2.66. The molecule has 2 aliphatic heterocycles. The summed E-state index contributed by atoms with van der Waals surface area (Å²) in [7, 11) is 0. The largest absolute Gasteiger partial charge is 0.462 e. The van der Waals surface area contributed by atoms with Crippen molar-refractivity contribution in [3.05, 3.63) is 34.9 Å². The third-order valence-corrected chi connectivity index (χ3v) is 5.79. The normalized spacial score (nSPS) is 20.6. The third-order valence-electron chi connectivity index (χ3n) is 5.79. The molecule has 0 unspecified atom stereocenters. The summed E-state index contributed by atoms with van der Waals surface area (Å²) in [5.41, 5.74) is -0.244. The molecule has 2 heterocycles. The van der Waals surface area contributed by atoms with Crippen LogP contribution in [0.15, 0.2) is 18.2 Å². The van der Waals surface area contributed by atoms with E-state index in [-0.39, 0.29) is 35.6 Å². The number of imide groups is 1. The van der Waals surface area contributed by atoms with Gasteiger partial charge in [0.2, 0.25) is 5.91 Å². The fourth-order valence-corrected chi connectivity index (χ4v) is 5.19. The molecule has 7 heteroatoms. The number of ether oxygens (including phenoxy) is 1. The Bertz CT molecular complexity index is 884. The molecule has 0 saturated carbocycles. The first-order chi connectivity index (χ1) is 13.4. The second kappa shape index (κ2) is 6.97. The van der Waals surface area contributed by atoms with E-state index in [4.69, 9.17) is 4.74 Å². The Morgan fingerprint density at radius 2 is 1.59 bits per heavy atom. The molecule has 0 N–H and O–H groups in total. The highest BCUT2D eigenvalue weighted by atomic mass is 16.5. The molecule has 0 atom stereocenters. The van der Waals surface area contributed by atoms with E-state index in [2.05, 4.69) is 0 Å². The van der Waals surface area contributed by atoms with E-state index in [1.807, 2.05) is 32.6 Å². The Morgan fingerprint density at radius 3 is 2.10 bits per heavy atom. The highest BCUT2D eigenvalue weighted by molar-refractivity contribution is 6.22. The lowest BCUT2D eigenvalue weighted by molar-refractivity contribution is -0.148. The Morgan fingerprint density at radius 1 is 1.03 bits per heavy atom. The molecule has 1 saturated heterocycles. The van der Waals surface area contributed by atoms with E-state index in [1.165, 1.54) is 23.1 Å². The number of carbonyl (C=O) groups is 4. The van der Waals surface area contributed by atoms with E-state index >= 15 is 0 Å². The first-order valence-electron chi connectivity index (χ1n) is 9.90. The van der Waals surface area contributed by atoms with E-state index in [1.54, 1.807) is 13.8 Å². The van der Waals surface area contributed by atoms with Crippen LogP contribution in [0.3, 0.4) is 0 Å². The van der Waals surface area contributed by atoms with Crippen LogP contribution in [0, 0.1) is 0 Å². The number of hydrogen-bond acceptors (Lipinski definition) is 5. The van der Waals surface area contributed by atoms with E-state index in [0.29, 0.717) is 18.4 Å². The molecule has 1 fully saturated rings. The van der Waals surface area contributed by atoms with E-state index in [9.17, 15) is 19.2 Å². The van der Waals surface area contributed by atoms with Crippen LogP contribution in [0.2, 0.25) is 0 Å². The number of carbonyl (C=O) groups excluding carboxylic acids is 4. The zero-order chi connectivity index (χ0) is 21.7. The van der Waals surface area contributed by atoms with Crippen LogP contribution in [-0.4, -0.2) is 57.2 Å². The second-order valence-corrected chi connectivity index (χ2v) is 9.00. The van der Waals surface area contributed by atoms with Gasteiger partial charge in [0.25, 0.3) is 11.8 Å². The van der Waals surface area contributed by atoms with Gasteiger partial charge in [0.15, 0.2) is 0 Å². The minimum Gasteiger partial charge on any atom is -0.462 e. The number of likely N-dealkylation sites (tertiary alicyclic amines) is 1. The van der Waals surface area contributed by atoms with Crippen molar-refractivity contribution in [3.8, 4) is 0 Å². The number of hydrogen-bond donors (Lipinski definition) is 0. The monoisotopic (exact) mass is 400 g/mol. The minimum atomic E-state index is -0.522. The van der Waals surface area contributed by atoms with Crippen molar-refractivity contribution < 1.29 is 23.9 Å². The second-order valence-electron chi connectivity index (χ2n) is 9.00. The molecule has 0 aromatic heterocycles. The van der Waals surface area contributed by atoms with Gasteiger partial charge in [-0.2, -0.15) is 0 Å². The summed E-state index contributed by atoms with van der Waals surface area (Å²) in [5.74, 6) is -1.30. The molecule has 29 heavy (non-hydrogen) atoms. The number of nitrogens with zero attached hydrogens (tertiary/aromatic N) is 2. The van der Waals surface area contributed by atoms with Gasteiger partial charge >= 0.3 is 5.97 Å². The molecule has 0 spiro atoms. The van der Waals surface area contributed by atoms with Gasteiger partial charge in [-0.1, -0.05) is 0 Å². The van der Waals surface area contributed by atoms with Crippen LogP contribution in [-0.2, 0) is 9.53 Å². The SMILES string of the molecule is CCOC(=O)c1ccc2c(c1)C(=O)N(C1CC(C)(C)N(C(C)=O)C(C)(C)C1)C2=O.